The minimum absolute atomic E-state index is 0.0187. The van der Waals surface area contributed by atoms with Gasteiger partial charge in [0.2, 0.25) is 0 Å². The van der Waals surface area contributed by atoms with Crippen LogP contribution < -0.4 is 15.4 Å². The highest BCUT2D eigenvalue weighted by Gasteiger charge is 2.29. The maximum absolute atomic E-state index is 12.0. The summed E-state index contributed by atoms with van der Waals surface area (Å²) in [4.78, 5) is 12.0. The molecule has 2 amide bonds. The monoisotopic (exact) mass is 346 g/mol. The second-order valence-electron chi connectivity index (χ2n) is 5.19. The van der Waals surface area contributed by atoms with Crippen LogP contribution in [0.1, 0.15) is 19.8 Å². The van der Waals surface area contributed by atoms with Crippen LogP contribution in [0.3, 0.4) is 0 Å². The van der Waals surface area contributed by atoms with E-state index in [0.717, 1.165) is 6.42 Å². The fraction of sp³-hybridized carbons (Fsp3) is 0.500. The van der Waals surface area contributed by atoms with Gasteiger partial charge >= 0.3 is 6.03 Å². The number of sulfone groups is 1. The molecule has 0 spiro atoms. The Morgan fingerprint density at radius 2 is 2.23 bits per heavy atom. The fourth-order valence-electron chi connectivity index (χ4n) is 2.19. The summed E-state index contributed by atoms with van der Waals surface area (Å²) < 4.78 is 28.3. The van der Waals surface area contributed by atoms with Crippen molar-refractivity contribution in [2.45, 2.75) is 25.8 Å². The summed E-state index contributed by atoms with van der Waals surface area (Å²) in [6.45, 7) is 2.51. The van der Waals surface area contributed by atoms with E-state index in [1.807, 2.05) is 6.92 Å². The molecule has 2 N–H and O–H groups in total. The van der Waals surface area contributed by atoms with Crippen LogP contribution in [0.15, 0.2) is 18.2 Å². The molecule has 1 atom stereocenters. The van der Waals surface area contributed by atoms with Gasteiger partial charge in [0.1, 0.15) is 5.75 Å². The van der Waals surface area contributed by atoms with Crippen molar-refractivity contribution in [3.05, 3.63) is 23.2 Å². The van der Waals surface area contributed by atoms with Gasteiger partial charge in [-0.25, -0.2) is 13.2 Å². The average Bonchev–Trinajstić information content (AvgIpc) is 2.77. The number of nitrogens with one attached hydrogen (secondary N) is 2. The molecule has 1 aliphatic rings. The smallest absolute Gasteiger partial charge is 0.319 e. The zero-order valence-electron chi connectivity index (χ0n) is 12.3. The first-order chi connectivity index (χ1) is 10.4. The van der Waals surface area contributed by atoms with Crippen LogP contribution in [0, 0.1) is 0 Å². The third kappa shape index (κ3) is 4.78. The first-order valence-electron chi connectivity index (χ1n) is 7.10. The molecule has 1 aliphatic heterocycles. The predicted molar refractivity (Wildman–Crippen MR) is 86.5 cm³/mol. The third-order valence-corrected chi connectivity index (χ3v) is 5.22. The van der Waals surface area contributed by atoms with Gasteiger partial charge in [-0.1, -0.05) is 18.5 Å². The van der Waals surface area contributed by atoms with Gasteiger partial charge in [0, 0.05) is 11.1 Å². The molecule has 1 aromatic carbocycles. The third-order valence-electron chi connectivity index (χ3n) is 3.22. The molecule has 0 saturated carbocycles. The van der Waals surface area contributed by atoms with Crippen molar-refractivity contribution in [2.75, 3.05) is 23.4 Å². The van der Waals surface area contributed by atoms with Crippen LogP contribution in [0.4, 0.5) is 10.5 Å². The Morgan fingerprint density at radius 3 is 2.86 bits per heavy atom. The van der Waals surface area contributed by atoms with Crippen molar-refractivity contribution in [3.8, 4) is 5.75 Å². The van der Waals surface area contributed by atoms with E-state index in [4.69, 9.17) is 16.3 Å². The molecule has 1 saturated heterocycles. The minimum Gasteiger partial charge on any atom is -0.491 e. The highest BCUT2D eigenvalue weighted by molar-refractivity contribution is 7.91. The van der Waals surface area contributed by atoms with Gasteiger partial charge in [-0.3, -0.25) is 0 Å². The normalized spacial score (nSPS) is 19.6. The van der Waals surface area contributed by atoms with E-state index >= 15 is 0 Å². The SMILES string of the molecule is CCCOc1ccc(Cl)cc1NC(=O)NC1CCS(=O)(=O)C1. The molecule has 0 bridgehead atoms. The van der Waals surface area contributed by atoms with E-state index in [1.54, 1.807) is 18.2 Å². The Balaban J connectivity index is 2.00. The van der Waals surface area contributed by atoms with Crippen LogP contribution in [0.2, 0.25) is 5.02 Å². The molecular formula is C14H19ClN2O4S. The summed E-state index contributed by atoms with van der Waals surface area (Å²) in [7, 11) is -3.03. The number of carbonyl (C=O) groups is 1. The maximum atomic E-state index is 12.0. The van der Waals surface area contributed by atoms with Crippen LogP contribution in [-0.2, 0) is 9.84 Å². The Labute approximate surface area is 135 Å². The lowest BCUT2D eigenvalue weighted by Gasteiger charge is -2.15. The number of anilines is 1. The van der Waals surface area contributed by atoms with E-state index in [2.05, 4.69) is 10.6 Å². The number of ether oxygens (including phenoxy) is 1. The summed E-state index contributed by atoms with van der Waals surface area (Å²) in [6, 6.07) is 4.14. The molecule has 1 aromatic rings. The molecule has 1 unspecified atom stereocenters. The second-order valence-corrected chi connectivity index (χ2v) is 7.85. The summed E-state index contributed by atoms with van der Waals surface area (Å²) in [5.41, 5.74) is 0.458. The molecule has 0 aromatic heterocycles. The lowest BCUT2D eigenvalue weighted by atomic mass is 10.2. The van der Waals surface area contributed by atoms with E-state index < -0.39 is 15.9 Å². The Hall–Kier alpha value is -1.47. The zero-order chi connectivity index (χ0) is 16.2. The number of benzene rings is 1. The first kappa shape index (κ1) is 16.9. The largest absolute Gasteiger partial charge is 0.491 e. The molecule has 1 fully saturated rings. The van der Waals surface area contributed by atoms with Gasteiger partial charge in [0.25, 0.3) is 0 Å². The molecule has 22 heavy (non-hydrogen) atoms. The average molecular weight is 347 g/mol. The summed E-state index contributed by atoms with van der Waals surface area (Å²) in [5, 5.41) is 5.79. The number of hydrogen-bond acceptors (Lipinski definition) is 4. The first-order valence-corrected chi connectivity index (χ1v) is 9.30. The van der Waals surface area contributed by atoms with Crippen LogP contribution in [-0.4, -0.2) is 38.6 Å². The van der Waals surface area contributed by atoms with Gasteiger partial charge in [-0.2, -0.15) is 0 Å². The number of hydrogen-bond donors (Lipinski definition) is 2. The highest BCUT2D eigenvalue weighted by Crippen LogP contribution is 2.28. The number of carbonyl (C=O) groups excluding carboxylic acids is 1. The van der Waals surface area contributed by atoms with Crippen molar-refractivity contribution >= 4 is 33.2 Å². The van der Waals surface area contributed by atoms with Gasteiger partial charge in [-0.15, -0.1) is 0 Å². The molecule has 122 valence electrons. The number of halogens is 1. The van der Waals surface area contributed by atoms with E-state index in [9.17, 15) is 13.2 Å². The van der Waals surface area contributed by atoms with E-state index in [0.29, 0.717) is 29.5 Å². The van der Waals surface area contributed by atoms with Gasteiger partial charge in [-0.05, 0) is 31.0 Å². The van der Waals surface area contributed by atoms with Crippen molar-refractivity contribution < 1.29 is 17.9 Å². The topological polar surface area (TPSA) is 84.5 Å². The standard InChI is InChI=1S/C14H19ClN2O4S/c1-2-6-21-13-4-3-10(15)8-12(13)17-14(18)16-11-5-7-22(19,20)9-11/h3-4,8,11H,2,5-7,9H2,1H3,(H2,16,17,18). The van der Waals surface area contributed by atoms with E-state index in [1.165, 1.54) is 0 Å². The lowest BCUT2D eigenvalue weighted by molar-refractivity contribution is 0.249. The summed E-state index contributed by atoms with van der Waals surface area (Å²) >= 11 is 5.94. The molecular weight excluding hydrogens is 328 g/mol. The lowest BCUT2D eigenvalue weighted by Crippen LogP contribution is -2.38. The van der Waals surface area contributed by atoms with Crippen LogP contribution >= 0.6 is 11.6 Å². The fourth-order valence-corrected chi connectivity index (χ4v) is 4.04. The quantitative estimate of drug-likeness (QED) is 0.857. The highest BCUT2D eigenvalue weighted by atomic mass is 35.5. The van der Waals surface area contributed by atoms with Crippen molar-refractivity contribution in [1.29, 1.82) is 0 Å². The van der Waals surface area contributed by atoms with Crippen molar-refractivity contribution in [1.82, 2.24) is 5.32 Å². The summed E-state index contributed by atoms with van der Waals surface area (Å²) in [6.07, 6.45) is 1.28. The van der Waals surface area contributed by atoms with Gasteiger partial charge in [0.15, 0.2) is 9.84 Å². The molecule has 0 radical (unpaired) electrons. The van der Waals surface area contributed by atoms with Crippen molar-refractivity contribution in [3.63, 3.8) is 0 Å². The Kier molecular flexibility index (Phi) is 5.52. The number of amides is 2. The van der Waals surface area contributed by atoms with E-state index in [-0.39, 0.29) is 17.5 Å². The van der Waals surface area contributed by atoms with Gasteiger partial charge in [0.05, 0.1) is 23.8 Å². The minimum atomic E-state index is -3.03. The number of rotatable bonds is 5. The molecule has 2 rings (SSSR count). The second kappa shape index (κ2) is 7.19. The van der Waals surface area contributed by atoms with Gasteiger partial charge < -0.3 is 15.4 Å². The van der Waals surface area contributed by atoms with Crippen LogP contribution in [0.5, 0.6) is 5.75 Å². The Morgan fingerprint density at radius 1 is 1.45 bits per heavy atom. The van der Waals surface area contributed by atoms with Crippen molar-refractivity contribution in [2.24, 2.45) is 0 Å². The maximum Gasteiger partial charge on any atom is 0.319 e. The zero-order valence-corrected chi connectivity index (χ0v) is 13.8. The molecule has 1 heterocycles. The molecule has 0 aliphatic carbocycles. The molecule has 6 nitrogen and oxygen atoms in total. The predicted octanol–water partition coefficient (Wildman–Crippen LogP) is 2.44. The number of urea groups is 1. The Bertz CT molecular complexity index is 648. The molecule has 8 heteroatoms. The summed E-state index contributed by atoms with van der Waals surface area (Å²) in [5.74, 6) is 0.621. The van der Waals surface area contributed by atoms with Crippen LogP contribution in [0.25, 0.3) is 0 Å².